The molecule has 0 aliphatic carbocycles. The number of aliphatic hydroxyl groups excluding tert-OH is 1. The third-order valence-corrected chi connectivity index (χ3v) is 5.36. The van der Waals surface area contributed by atoms with Crippen LogP contribution in [0.25, 0.3) is 0 Å². The monoisotopic (exact) mass is 276 g/mol. The minimum Gasteiger partial charge on any atom is -0.387 e. The maximum atomic E-state index is 11.8. The molecule has 1 N–H and O–H groups in total. The van der Waals surface area contributed by atoms with Crippen molar-refractivity contribution in [2.45, 2.75) is 31.6 Å². The molecule has 2 unspecified atom stereocenters. The molecular weight excluding hydrogens is 260 g/mol. The highest BCUT2D eigenvalue weighted by atomic mass is 35.5. The predicted molar refractivity (Wildman–Crippen MR) is 70.0 cm³/mol. The Hall–Kier alpha value is -0.580. The molecule has 0 amide bonds. The van der Waals surface area contributed by atoms with Crippen molar-refractivity contribution < 1.29 is 13.5 Å². The Morgan fingerprint density at radius 1 is 1.35 bits per heavy atom. The first-order valence-electron chi connectivity index (χ1n) is 5.57. The summed E-state index contributed by atoms with van der Waals surface area (Å²) in [4.78, 5) is 0. The van der Waals surface area contributed by atoms with Crippen molar-refractivity contribution in [3.05, 3.63) is 34.9 Å². The molecule has 1 aromatic rings. The maximum Gasteiger partial charge on any atom is 0.155 e. The Balaban J connectivity index is 3.06. The lowest BCUT2D eigenvalue weighted by Gasteiger charge is -2.21. The van der Waals surface area contributed by atoms with Gasteiger partial charge in [-0.1, -0.05) is 37.6 Å². The van der Waals surface area contributed by atoms with Gasteiger partial charge in [0.15, 0.2) is 9.84 Å². The first kappa shape index (κ1) is 14.5. The third kappa shape index (κ3) is 3.44. The molecule has 5 heteroatoms. The Morgan fingerprint density at radius 3 is 2.47 bits per heavy atom. The van der Waals surface area contributed by atoms with Crippen LogP contribution < -0.4 is 0 Å². The Morgan fingerprint density at radius 2 is 2.00 bits per heavy atom. The zero-order chi connectivity index (χ0) is 13.1. The summed E-state index contributed by atoms with van der Waals surface area (Å²) in [6.07, 6.45) is -0.646. The molecule has 0 aliphatic heterocycles. The van der Waals surface area contributed by atoms with Crippen LogP contribution in [-0.4, -0.2) is 24.5 Å². The van der Waals surface area contributed by atoms with Crippen LogP contribution in [0.3, 0.4) is 0 Å². The zero-order valence-corrected chi connectivity index (χ0v) is 11.5. The highest BCUT2D eigenvalue weighted by Gasteiger charge is 2.30. The van der Waals surface area contributed by atoms with Crippen LogP contribution in [0.15, 0.2) is 24.3 Å². The summed E-state index contributed by atoms with van der Waals surface area (Å²) < 4.78 is 23.7. The van der Waals surface area contributed by atoms with E-state index >= 15 is 0 Å². The van der Waals surface area contributed by atoms with E-state index in [4.69, 9.17) is 11.6 Å². The normalized spacial score (nSPS) is 15.5. The summed E-state index contributed by atoms with van der Waals surface area (Å²) in [6, 6.07) is 6.67. The van der Waals surface area contributed by atoms with Gasteiger partial charge in [-0.05, 0) is 24.1 Å². The summed E-state index contributed by atoms with van der Waals surface area (Å²) >= 11 is 5.82. The van der Waals surface area contributed by atoms with Crippen molar-refractivity contribution in [3.8, 4) is 0 Å². The maximum absolute atomic E-state index is 11.8. The molecule has 0 fully saturated rings. The summed E-state index contributed by atoms with van der Waals surface area (Å²) in [5.41, 5.74) is 0.543. The van der Waals surface area contributed by atoms with Gasteiger partial charge in [-0.3, -0.25) is 0 Å². The Labute approximate surface area is 107 Å². The number of aliphatic hydroxyl groups is 1. The van der Waals surface area contributed by atoms with Crippen LogP contribution in [0.1, 0.15) is 31.9 Å². The van der Waals surface area contributed by atoms with Gasteiger partial charge in [0.2, 0.25) is 0 Å². The van der Waals surface area contributed by atoms with Gasteiger partial charge in [-0.25, -0.2) is 8.42 Å². The Bertz CT molecular complexity index is 470. The molecule has 0 aliphatic rings. The number of benzene rings is 1. The van der Waals surface area contributed by atoms with Crippen LogP contribution in [0.5, 0.6) is 0 Å². The summed E-state index contributed by atoms with van der Waals surface area (Å²) in [5.74, 6) is 0.0309. The molecule has 17 heavy (non-hydrogen) atoms. The van der Waals surface area contributed by atoms with Crippen molar-refractivity contribution in [2.24, 2.45) is 0 Å². The van der Waals surface area contributed by atoms with Crippen LogP contribution in [0.2, 0.25) is 5.02 Å². The van der Waals surface area contributed by atoms with E-state index in [0.29, 0.717) is 17.0 Å². The topological polar surface area (TPSA) is 54.4 Å². The molecule has 1 rings (SSSR count). The molecule has 0 spiro atoms. The second kappa shape index (κ2) is 5.85. The standard InChI is InChI=1S/C12H17ClO3S/c1-3-11(17(15,16)4-2)12(14)9-6-5-7-10(13)8-9/h5-8,11-12,14H,3-4H2,1-2H3. The minimum absolute atomic E-state index is 0.0309. The van der Waals surface area contributed by atoms with Crippen molar-refractivity contribution in [1.82, 2.24) is 0 Å². The van der Waals surface area contributed by atoms with E-state index in [2.05, 4.69) is 0 Å². The molecule has 96 valence electrons. The number of hydrogen-bond acceptors (Lipinski definition) is 3. The van der Waals surface area contributed by atoms with Gasteiger partial charge in [-0.15, -0.1) is 0 Å². The van der Waals surface area contributed by atoms with Crippen molar-refractivity contribution >= 4 is 21.4 Å². The Kier molecular flexibility index (Phi) is 4.98. The summed E-state index contributed by atoms with van der Waals surface area (Å²) in [7, 11) is -3.26. The number of halogens is 1. The van der Waals surface area contributed by atoms with Crippen LogP contribution in [0, 0.1) is 0 Å². The molecule has 0 saturated carbocycles. The van der Waals surface area contributed by atoms with Gasteiger partial charge in [0.25, 0.3) is 0 Å². The third-order valence-electron chi connectivity index (χ3n) is 2.81. The first-order valence-corrected chi connectivity index (χ1v) is 7.66. The fraction of sp³-hybridized carbons (Fsp3) is 0.500. The quantitative estimate of drug-likeness (QED) is 0.899. The summed E-state index contributed by atoms with van der Waals surface area (Å²) in [6.45, 7) is 3.34. The lowest BCUT2D eigenvalue weighted by atomic mass is 10.1. The van der Waals surface area contributed by atoms with Crippen LogP contribution >= 0.6 is 11.6 Å². The highest BCUT2D eigenvalue weighted by molar-refractivity contribution is 7.92. The first-order chi connectivity index (χ1) is 7.92. The predicted octanol–water partition coefficient (Wildman–Crippen LogP) is 2.59. The van der Waals surface area contributed by atoms with Crippen molar-refractivity contribution in [1.29, 1.82) is 0 Å². The molecule has 0 bridgehead atoms. The van der Waals surface area contributed by atoms with E-state index in [0.717, 1.165) is 0 Å². The van der Waals surface area contributed by atoms with Gasteiger partial charge >= 0.3 is 0 Å². The average molecular weight is 277 g/mol. The lowest BCUT2D eigenvalue weighted by Crippen LogP contribution is -2.29. The largest absolute Gasteiger partial charge is 0.387 e. The van der Waals surface area contributed by atoms with Gasteiger partial charge < -0.3 is 5.11 Å². The number of hydrogen-bond donors (Lipinski definition) is 1. The fourth-order valence-electron chi connectivity index (χ4n) is 1.79. The van der Waals surface area contributed by atoms with E-state index < -0.39 is 21.2 Å². The molecular formula is C12H17ClO3S. The molecule has 3 nitrogen and oxygen atoms in total. The number of rotatable bonds is 5. The number of sulfone groups is 1. The van der Waals surface area contributed by atoms with Gasteiger partial charge in [-0.2, -0.15) is 0 Å². The summed E-state index contributed by atoms with van der Waals surface area (Å²) in [5, 5.41) is 9.85. The van der Waals surface area contributed by atoms with Crippen molar-refractivity contribution in [2.75, 3.05) is 5.75 Å². The highest BCUT2D eigenvalue weighted by Crippen LogP contribution is 2.26. The molecule has 0 saturated heterocycles. The van der Waals surface area contributed by atoms with Crippen LogP contribution in [0.4, 0.5) is 0 Å². The smallest absolute Gasteiger partial charge is 0.155 e. The van der Waals surface area contributed by atoms with E-state index in [1.54, 1.807) is 38.1 Å². The molecule has 0 heterocycles. The fourth-order valence-corrected chi connectivity index (χ4v) is 3.48. The van der Waals surface area contributed by atoms with Crippen LogP contribution in [-0.2, 0) is 9.84 Å². The van der Waals surface area contributed by atoms with Gasteiger partial charge in [0, 0.05) is 10.8 Å². The minimum atomic E-state index is -3.26. The average Bonchev–Trinajstić information content (AvgIpc) is 2.29. The van der Waals surface area contributed by atoms with E-state index in [1.165, 1.54) is 0 Å². The second-order valence-electron chi connectivity index (χ2n) is 3.90. The van der Waals surface area contributed by atoms with Gasteiger partial charge in [0.1, 0.15) is 0 Å². The van der Waals surface area contributed by atoms with E-state index in [-0.39, 0.29) is 5.75 Å². The molecule has 1 aromatic carbocycles. The lowest BCUT2D eigenvalue weighted by molar-refractivity contribution is 0.169. The van der Waals surface area contributed by atoms with E-state index in [1.807, 2.05) is 0 Å². The van der Waals surface area contributed by atoms with Crippen molar-refractivity contribution in [3.63, 3.8) is 0 Å². The van der Waals surface area contributed by atoms with Gasteiger partial charge in [0.05, 0.1) is 11.4 Å². The van der Waals surface area contributed by atoms with E-state index in [9.17, 15) is 13.5 Å². The molecule has 2 atom stereocenters. The SMILES string of the molecule is CCC(C(O)c1cccc(Cl)c1)S(=O)(=O)CC. The molecule has 0 radical (unpaired) electrons. The molecule has 0 aromatic heterocycles. The second-order valence-corrected chi connectivity index (χ2v) is 6.84. The zero-order valence-electron chi connectivity index (χ0n) is 9.93.